The molecule has 1 aliphatic heterocycles. The molecule has 2 unspecified atom stereocenters. The second kappa shape index (κ2) is 14.0. The van der Waals surface area contributed by atoms with Crippen LogP contribution in [0.25, 0.3) is 0 Å². The lowest BCUT2D eigenvalue weighted by atomic mass is 10.1. The van der Waals surface area contributed by atoms with E-state index >= 15 is 0 Å². The highest BCUT2D eigenvalue weighted by atomic mass is 16.6. The topological polar surface area (TPSA) is 49.8 Å². The van der Waals surface area contributed by atoms with E-state index in [2.05, 4.69) is 43.4 Å². The van der Waals surface area contributed by atoms with Gasteiger partial charge in [0.05, 0.1) is 12.2 Å². The van der Waals surface area contributed by atoms with Crippen LogP contribution in [0.1, 0.15) is 77.6 Å². The van der Waals surface area contributed by atoms with Crippen molar-refractivity contribution in [1.82, 2.24) is 0 Å². The van der Waals surface area contributed by atoms with Gasteiger partial charge in [-0.2, -0.15) is 0 Å². The lowest BCUT2D eigenvalue weighted by Crippen LogP contribution is -1.97. The number of carboxylic acids is 1. The monoisotopic (exact) mass is 334 g/mol. The van der Waals surface area contributed by atoms with E-state index in [1.165, 1.54) is 32.1 Å². The molecule has 1 fully saturated rings. The van der Waals surface area contributed by atoms with Crippen LogP contribution in [-0.4, -0.2) is 23.3 Å². The van der Waals surface area contributed by atoms with Crippen LogP contribution >= 0.6 is 0 Å². The van der Waals surface area contributed by atoms with Crippen molar-refractivity contribution in [3.8, 4) is 0 Å². The Balaban J connectivity index is 1.89. The van der Waals surface area contributed by atoms with Gasteiger partial charge in [0.1, 0.15) is 0 Å². The number of epoxide rings is 1. The average Bonchev–Trinajstić information content (AvgIpc) is 3.30. The van der Waals surface area contributed by atoms with Crippen LogP contribution in [-0.2, 0) is 9.53 Å². The number of aliphatic carboxylic acids is 1. The quantitative estimate of drug-likeness (QED) is 0.233. The largest absolute Gasteiger partial charge is 0.481 e. The third-order valence-electron chi connectivity index (χ3n) is 4.20. The molecule has 1 aliphatic rings. The van der Waals surface area contributed by atoms with Gasteiger partial charge in [-0.25, -0.2) is 0 Å². The van der Waals surface area contributed by atoms with E-state index in [1.54, 1.807) is 0 Å². The highest BCUT2D eigenvalue weighted by Gasteiger charge is 2.36. The second-order valence-corrected chi connectivity index (χ2v) is 6.47. The van der Waals surface area contributed by atoms with Gasteiger partial charge >= 0.3 is 5.97 Å². The molecule has 0 aliphatic carbocycles. The maximum atomic E-state index is 10.4. The van der Waals surface area contributed by atoms with Crippen molar-refractivity contribution >= 4 is 5.97 Å². The number of hydrogen-bond acceptors (Lipinski definition) is 2. The molecule has 0 aromatic heterocycles. The minimum absolute atomic E-state index is 0.250. The predicted molar refractivity (Wildman–Crippen MR) is 100 cm³/mol. The van der Waals surface area contributed by atoms with Crippen LogP contribution in [0.4, 0.5) is 0 Å². The van der Waals surface area contributed by atoms with Crippen LogP contribution < -0.4 is 0 Å². The van der Waals surface area contributed by atoms with Crippen LogP contribution in [0.5, 0.6) is 0 Å². The Bertz CT molecular complexity index is 409. The summed E-state index contributed by atoms with van der Waals surface area (Å²) in [6, 6.07) is 0. The number of ether oxygens (including phenoxy) is 1. The SMILES string of the molecule is CCCCCC/C=C\C/C=C\C/C=C\CC1OC1CCCC(=O)O. The van der Waals surface area contributed by atoms with E-state index in [-0.39, 0.29) is 12.5 Å². The van der Waals surface area contributed by atoms with Crippen molar-refractivity contribution in [2.24, 2.45) is 0 Å². The van der Waals surface area contributed by atoms with E-state index < -0.39 is 5.97 Å². The summed E-state index contributed by atoms with van der Waals surface area (Å²) in [5.74, 6) is -0.717. The van der Waals surface area contributed by atoms with Crippen LogP contribution in [0.15, 0.2) is 36.5 Å². The molecule has 0 radical (unpaired) electrons. The standard InChI is InChI=1S/C21H34O3/c1-2-3-4-5-6-7-8-9-10-11-12-13-14-16-19-20(24-19)17-15-18-21(22)23/h7-8,10-11,13-14,19-20H,2-6,9,12,15-18H2,1H3,(H,22,23)/b8-7-,11-10-,14-13-. The molecular formula is C21H34O3. The van der Waals surface area contributed by atoms with Crippen molar-refractivity contribution < 1.29 is 14.6 Å². The Labute approximate surface area is 147 Å². The molecule has 1 N–H and O–H groups in total. The summed E-state index contributed by atoms with van der Waals surface area (Å²) in [4.78, 5) is 10.4. The lowest BCUT2D eigenvalue weighted by Gasteiger charge is -1.93. The van der Waals surface area contributed by atoms with Crippen molar-refractivity contribution in [3.63, 3.8) is 0 Å². The van der Waals surface area contributed by atoms with Gasteiger partial charge in [0.15, 0.2) is 0 Å². The maximum Gasteiger partial charge on any atom is 0.303 e. The van der Waals surface area contributed by atoms with Gasteiger partial charge in [0.25, 0.3) is 0 Å². The zero-order chi connectivity index (χ0) is 17.5. The maximum absolute atomic E-state index is 10.4. The molecule has 2 atom stereocenters. The summed E-state index contributed by atoms with van der Waals surface area (Å²) in [7, 11) is 0. The zero-order valence-corrected chi connectivity index (χ0v) is 15.2. The number of allylic oxidation sites excluding steroid dienone is 5. The molecule has 3 heteroatoms. The summed E-state index contributed by atoms with van der Waals surface area (Å²) < 4.78 is 5.53. The summed E-state index contributed by atoms with van der Waals surface area (Å²) >= 11 is 0. The van der Waals surface area contributed by atoms with E-state index in [1.807, 2.05) is 0 Å². The normalized spacial score (nSPS) is 20.5. The average molecular weight is 335 g/mol. The molecule has 24 heavy (non-hydrogen) atoms. The van der Waals surface area contributed by atoms with Crippen molar-refractivity contribution in [3.05, 3.63) is 36.5 Å². The number of unbranched alkanes of at least 4 members (excludes halogenated alkanes) is 4. The van der Waals surface area contributed by atoms with Crippen LogP contribution in [0.3, 0.4) is 0 Å². The van der Waals surface area contributed by atoms with Crippen LogP contribution in [0, 0.1) is 0 Å². The molecule has 3 nitrogen and oxygen atoms in total. The first-order valence-corrected chi connectivity index (χ1v) is 9.56. The van der Waals surface area contributed by atoms with Crippen molar-refractivity contribution in [1.29, 1.82) is 0 Å². The zero-order valence-electron chi connectivity index (χ0n) is 15.2. The molecule has 0 bridgehead atoms. The molecule has 0 amide bonds. The third kappa shape index (κ3) is 12.1. The third-order valence-corrected chi connectivity index (χ3v) is 4.20. The summed E-state index contributed by atoms with van der Waals surface area (Å²) in [6.07, 6.45) is 25.3. The molecular weight excluding hydrogens is 300 g/mol. The molecule has 1 rings (SSSR count). The van der Waals surface area contributed by atoms with Gasteiger partial charge < -0.3 is 9.84 Å². The minimum atomic E-state index is -0.717. The molecule has 0 aromatic carbocycles. The Morgan fingerprint density at radius 2 is 1.62 bits per heavy atom. The fraction of sp³-hybridized carbons (Fsp3) is 0.667. The van der Waals surface area contributed by atoms with Gasteiger partial charge in [0.2, 0.25) is 0 Å². The number of carbonyl (C=O) groups is 1. The van der Waals surface area contributed by atoms with E-state index in [0.717, 1.165) is 32.1 Å². The second-order valence-electron chi connectivity index (χ2n) is 6.47. The fourth-order valence-electron chi connectivity index (χ4n) is 2.67. The predicted octanol–water partition coefficient (Wildman–Crippen LogP) is 5.82. The van der Waals surface area contributed by atoms with Crippen molar-refractivity contribution in [2.75, 3.05) is 0 Å². The van der Waals surface area contributed by atoms with Gasteiger partial charge in [-0.15, -0.1) is 0 Å². The number of rotatable bonds is 15. The van der Waals surface area contributed by atoms with Gasteiger partial charge in [-0.1, -0.05) is 62.6 Å². The van der Waals surface area contributed by atoms with E-state index in [0.29, 0.717) is 6.10 Å². The fourth-order valence-corrected chi connectivity index (χ4v) is 2.67. The Morgan fingerprint density at radius 1 is 0.917 bits per heavy atom. The minimum Gasteiger partial charge on any atom is -0.481 e. The summed E-state index contributed by atoms with van der Waals surface area (Å²) in [6.45, 7) is 2.24. The first-order valence-electron chi connectivity index (χ1n) is 9.56. The highest BCUT2D eigenvalue weighted by Crippen LogP contribution is 2.30. The van der Waals surface area contributed by atoms with Crippen LogP contribution in [0.2, 0.25) is 0 Å². The summed E-state index contributed by atoms with van der Waals surface area (Å²) in [5, 5.41) is 8.59. The lowest BCUT2D eigenvalue weighted by molar-refractivity contribution is -0.137. The molecule has 136 valence electrons. The van der Waals surface area contributed by atoms with E-state index in [9.17, 15) is 4.79 Å². The van der Waals surface area contributed by atoms with Gasteiger partial charge in [-0.3, -0.25) is 4.79 Å². The van der Waals surface area contributed by atoms with Crippen molar-refractivity contribution in [2.45, 2.75) is 89.8 Å². The number of hydrogen-bond donors (Lipinski definition) is 1. The first-order chi connectivity index (χ1) is 11.7. The molecule has 1 saturated heterocycles. The smallest absolute Gasteiger partial charge is 0.303 e. The van der Waals surface area contributed by atoms with Gasteiger partial charge in [-0.05, 0) is 44.9 Å². The summed E-state index contributed by atoms with van der Waals surface area (Å²) in [5.41, 5.74) is 0. The number of carboxylic acid groups (broad SMARTS) is 1. The van der Waals surface area contributed by atoms with Gasteiger partial charge in [0, 0.05) is 6.42 Å². The molecule has 0 saturated carbocycles. The first kappa shape index (κ1) is 20.7. The Kier molecular flexibility index (Phi) is 12.1. The Hall–Kier alpha value is -1.35. The molecule has 0 spiro atoms. The Morgan fingerprint density at radius 3 is 2.33 bits per heavy atom. The van der Waals surface area contributed by atoms with E-state index in [4.69, 9.17) is 9.84 Å². The highest BCUT2D eigenvalue weighted by molar-refractivity contribution is 5.66. The molecule has 0 aromatic rings. The molecule has 1 heterocycles.